The SMILES string of the molecule is CCn1nc(C)c(C(C)NC(C)C(=O)N2CCCC2)c1C. The maximum Gasteiger partial charge on any atom is 0.239 e. The van der Waals surface area contributed by atoms with Gasteiger partial charge in [-0.15, -0.1) is 0 Å². The average molecular weight is 292 g/mol. The number of rotatable bonds is 5. The lowest BCUT2D eigenvalue weighted by Crippen LogP contribution is -2.44. The highest BCUT2D eigenvalue weighted by Crippen LogP contribution is 2.22. The number of hydrogen-bond donors (Lipinski definition) is 1. The number of amides is 1. The van der Waals surface area contributed by atoms with Gasteiger partial charge in [0.05, 0.1) is 11.7 Å². The molecule has 0 spiro atoms. The Morgan fingerprint density at radius 2 is 1.90 bits per heavy atom. The lowest BCUT2D eigenvalue weighted by atomic mass is 10.1. The second-order valence-corrected chi connectivity index (χ2v) is 6.04. The van der Waals surface area contributed by atoms with Crippen molar-refractivity contribution in [2.45, 2.75) is 66.1 Å². The predicted octanol–water partition coefficient (Wildman–Crippen LogP) is 2.18. The quantitative estimate of drug-likeness (QED) is 0.905. The molecule has 0 aliphatic carbocycles. The molecule has 0 aromatic carbocycles. The van der Waals surface area contributed by atoms with Crippen molar-refractivity contribution in [1.82, 2.24) is 20.0 Å². The van der Waals surface area contributed by atoms with E-state index in [0.717, 1.165) is 38.2 Å². The maximum absolute atomic E-state index is 12.4. The summed E-state index contributed by atoms with van der Waals surface area (Å²) >= 11 is 0. The van der Waals surface area contributed by atoms with E-state index in [9.17, 15) is 4.79 Å². The van der Waals surface area contributed by atoms with E-state index < -0.39 is 0 Å². The molecule has 1 aliphatic rings. The summed E-state index contributed by atoms with van der Waals surface area (Å²) in [5.41, 5.74) is 3.46. The second kappa shape index (κ2) is 6.60. The molecule has 0 bridgehead atoms. The molecular weight excluding hydrogens is 264 g/mol. The van der Waals surface area contributed by atoms with Gasteiger partial charge in [0, 0.05) is 36.9 Å². The summed E-state index contributed by atoms with van der Waals surface area (Å²) in [6.07, 6.45) is 2.27. The van der Waals surface area contributed by atoms with Crippen LogP contribution in [0.15, 0.2) is 0 Å². The van der Waals surface area contributed by atoms with Crippen LogP contribution in [0.2, 0.25) is 0 Å². The summed E-state index contributed by atoms with van der Waals surface area (Å²) in [7, 11) is 0. The monoisotopic (exact) mass is 292 g/mol. The summed E-state index contributed by atoms with van der Waals surface area (Å²) in [5.74, 6) is 0.220. The van der Waals surface area contributed by atoms with E-state index in [0.29, 0.717) is 0 Å². The molecule has 1 N–H and O–H groups in total. The lowest BCUT2D eigenvalue weighted by molar-refractivity contribution is -0.132. The highest BCUT2D eigenvalue weighted by atomic mass is 16.2. The van der Waals surface area contributed by atoms with Crippen LogP contribution in [-0.2, 0) is 11.3 Å². The van der Waals surface area contributed by atoms with Crippen molar-refractivity contribution in [1.29, 1.82) is 0 Å². The van der Waals surface area contributed by atoms with Gasteiger partial charge in [0.25, 0.3) is 0 Å². The summed E-state index contributed by atoms with van der Waals surface area (Å²) in [4.78, 5) is 14.4. The maximum atomic E-state index is 12.4. The fourth-order valence-electron chi connectivity index (χ4n) is 3.39. The van der Waals surface area contributed by atoms with Gasteiger partial charge in [-0.25, -0.2) is 0 Å². The first-order valence-electron chi connectivity index (χ1n) is 8.04. The molecule has 5 nitrogen and oxygen atoms in total. The molecule has 21 heavy (non-hydrogen) atoms. The Bertz CT molecular complexity index is 503. The van der Waals surface area contributed by atoms with Gasteiger partial charge in [0.2, 0.25) is 5.91 Å². The fraction of sp³-hybridized carbons (Fsp3) is 0.750. The van der Waals surface area contributed by atoms with Gasteiger partial charge in [-0.2, -0.15) is 5.10 Å². The van der Waals surface area contributed by atoms with E-state index in [-0.39, 0.29) is 18.0 Å². The number of nitrogens with zero attached hydrogens (tertiary/aromatic N) is 3. The minimum absolute atomic E-state index is 0.131. The number of hydrogen-bond acceptors (Lipinski definition) is 3. The molecule has 2 unspecified atom stereocenters. The first-order chi connectivity index (χ1) is 9.95. The zero-order chi connectivity index (χ0) is 15.6. The van der Waals surface area contributed by atoms with E-state index in [2.05, 4.69) is 31.2 Å². The molecule has 0 radical (unpaired) electrons. The number of likely N-dealkylation sites (tertiary alicyclic amines) is 1. The Kier molecular flexibility index (Phi) is 5.04. The van der Waals surface area contributed by atoms with Crippen LogP contribution >= 0.6 is 0 Å². The first kappa shape index (κ1) is 16.0. The number of nitrogens with one attached hydrogen (secondary N) is 1. The Morgan fingerprint density at radius 3 is 2.43 bits per heavy atom. The molecule has 1 saturated heterocycles. The highest BCUT2D eigenvalue weighted by Gasteiger charge is 2.26. The average Bonchev–Trinajstić information content (AvgIpc) is 3.05. The van der Waals surface area contributed by atoms with Crippen LogP contribution in [0.25, 0.3) is 0 Å². The van der Waals surface area contributed by atoms with Gasteiger partial charge in [-0.05, 0) is 47.5 Å². The van der Waals surface area contributed by atoms with E-state index in [1.165, 1.54) is 11.3 Å². The topological polar surface area (TPSA) is 50.2 Å². The van der Waals surface area contributed by atoms with E-state index in [1.54, 1.807) is 0 Å². The zero-order valence-corrected chi connectivity index (χ0v) is 13.9. The normalized spacial score (nSPS) is 18.0. The highest BCUT2D eigenvalue weighted by molar-refractivity contribution is 5.81. The molecule has 1 amide bonds. The van der Waals surface area contributed by atoms with Crippen molar-refractivity contribution in [3.63, 3.8) is 0 Å². The standard InChI is InChI=1S/C16H28N4O/c1-6-20-14(5)15(12(3)18-20)11(2)17-13(4)16(21)19-9-7-8-10-19/h11,13,17H,6-10H2,1-5H3. The van der Waals surface area contributed by atoms with E-state index in [4.69, 9.17) is 0 Å². The molecule has 5 heteroatoms. The fourth-order valence-corrected chi connectivity index (χ4v) is 3.39. The molecule has 2 rings (SSSR count). The minimum atomic E-state index is -0.151. The van der Waals surface area contributed by atoms with Crippen LogP contribution in [0.5, 0.6) is 0 Å². The zero-order valence-electron chi connectivity index (χ0n) is 13.9. The van der Waals surface area contributed by atoms with Crippen LogP contribution in [0.4, 0.5) is 0 Å². The van der Waals surface area contributed by atoms with E-state index in [1.807, 2.05) is 23.4 Å². The molecule has 1 aliphatic heterocycles. The molecular formula is C16H28N4O. The summed E-state index contributed by atoms with van der Waals surface area (Å²) in [5, 5.41) is 8.01. The molecule has 2 atom stereocenters. The Labute approximate surface area is 127 Å². The van der Waals surface area contributed by atoms with Crippen LogP contribution < -0.4 is 5.32 Å². The number of carbonyl (C=O) groups is 1. The minimum Gasteiger partial charge on any atom is -0.341 e. The first-order valence-corrected chi connectivity index (χ1v) is 8.04. The van der Waals surface area contributed by atoms with Crippen molar-refractivity contribution in [3.8, 4) is 0 Å². The van der Waals surface area contributed by atoms with Crippen molar-refractivity contribution in [2.75, 3.05) is 13.1 Å². The Hall–Kier alpha value is -1.36. The van der Waals surface area contributed by atoms with Gasteiger partial charge in [-0.1, -0.05) is 0 Å². The second-order valence-electron chi connectivity index (χ2n) is 6.04. The van der Waals surface area contributed by atoms with Crippen molar-refractivity contribution in [2.24, 2.45) is 0 Å². The number of carbonyl (C=O) groups excluding carboxylic acids is 1. The number of aromatic nitrogens is 2. The Morgan fingerprint density at radius 1 is 1.29 bits per heavy atom. The number of aryl methyl sites for hydroxylation is 2. The van der Waals surface area contributed by atoms with Crippen LogP contribution in [0.3, 0.4) is 0 Å². The van der Waals surface area contributed by atoms with Gasteiger partial charge in [-0.3, -0.25) is 14.8 Å². The summed E-state index contributed by atoms with van der Waals surface area (Å²) < 4.78 is 2.02. The third-order valence-electron chi connectivity index (χ3n) is 4.46. The van der Waals surface area contributed by atoms with E-state index >= 15 is 0 Å². The predicted molar refractivity (Wildman–Crippen MR) is 84.2 cm³/mol. The van der Waals surface area contributed by atoms with Crippen molar-refractivity contribution in [3.05, 3.63) is 17.0 Å². The largest absolute Gasteiger partial charge is 0.341 e. The molecule has 1 aromatic rings. The summed E-state index contributed by atoms with van der Waals surface area (Å²) in [6, 6.07) is -0.0197. The van der Waals surface area contributed by atoms with Crippen LogP contribution in [-0.4, -0.2) is 39.7 Å². The van der Waals surface area contributed by atoms with Crippen LogP contribution in [0, 0.1) is 13.8 Å². The van der Waals surface area contributed by atoms with Crippen LogP contribution in [0.1, 0.15) is 56.6 Å². The van der Waals surface area contributed by atoms with Gasteiger partial charge >= 0.3 is 0 Å². The van der Waals surface area contributed by atoms with Crippen molar-refractivity contribution >= 4 is 5.91 Å². The molecule has 118 valence electrons. The third-order valence-corrected chi connectivity index (χ3v) is 4.46. The smallest absolute Gasteiger partial charge is 0.239 e. The Balaban J connectivity index is 2.05. The van der Waals surface area contributed by atoms with Gasteiger partial charge in [0.1, 0.15) is 0 Å². The van der Waals surface area contributed by atoms with Gasteiger partial charge in [0.15, 0.2) is 0 Å². The van der Waals surface area contributed by atoms with Gasteiger partial charge < -0.3 is 4.90 Å². The lowest BCUT2D eigenvalue weighted by Gasteiger charge is -2.24. The summed E-state index contributed by atoms with van der Waals surface area (Å²) in [6.45, 7) is 13.0. The molecule has 0 saturated carbocycles. The molecule has 1 aromatic heterocycles. The molecule has 1 fully saturated rings. The molecule has 2 heterocycles. The van der Waals surface area contributed by atoms with Crippen molar-refractivity contribution < 1.29 is 4.79 Å². The third kappa shape index (κ3) is 3.28.